The van der Waals surface area contributed by atoms with Gasteiger partial charge in [0.05, 0.1) is 34.0 Å². The van der Waals surface area contributed by atoms with Crippen LogP contribution in [0.25, 0.3) is 11.0 Å². The van der Waals surface area contributed by atoms with Gasteiger partial charge >= 0.3 is 5.97 Å². The number of nitrogens with zero attached hydrogens (tertiary/aromatic N) is 2. The number of benzene rings is 2. The minimum Gasteiger partial charge on any atom is -0.449 e. The zero-order chi connectivity index (χ0) is 21.3. The summed E-state index contributed by atoms with van der Waals surface area (Å²) in [6.07, 6.45) is 2.03. The van der Waals surface area contributed by atoms with Gasteiger partial charge in [0.25, 0.3) is 5.91 Å². The Morgan fingerprint density at radius 1 is 1.07 bits per heavy atom. The standard InChI is InChI=1S/C24H25N3O3/c1-14-15(2)26-22-13-18(11-12-21(22)25-14)24(29)30-16(3)23(28)27-20-10-6-8-17-7-4-5-9-19(17)20/h4-5,7,9,11-13,16,20H,6,8,10H2,1-3H3,(H,27,28)/t16-,20-/m1/s1. The zero-order valence-electron chi connectivity index (χ0n) is 17.4. The molecule has 1 aliphatic carbocycles. The molecule has 154 valence electrons. The number of carbonyl (C=O) groups is 2. The van der Waals surface area contributed by atoms with Gasteiger partial charge in [0, 0.05) is 0 Å². The third kappa shape index (κ3) is 4.03. The number of nitrogens with one attached hydrogen (secondary N) is 1. The second-order valence-corrected chi connectivity index (χ2v) is 7.80. The summed E-state index contributed by atoms with van der Waals surface area (Å²) >= 11 is 0. The van der Waals surface area contributed by atoms with Crippen molar-refractivity contribution in [1.29, 1.82) is 0 Å². The average Bonchev–Trinajstić information content (AvgIpc) is 2.74. The number of amides is 1. The van der Waals surface area contributed by atoms with E-state index in [1.807, 2.05) is 26.0 Å². The maximum absolute atomic E-state index is 12.7. The highest BCUT2D eigenvalue weighted by molar-refractivity contribution is 5.95. The van der Waals surface area contributed by atoms with Crippen LogP contribution < -0.4 is 5.32 Å². The third-order valence-corrected chi connectivity index (χ3v) is 5.65. The van der Waals surface area contributed by atoms with Gasteiger partial charge in [-0.05, 0) is 69.4 Å². The minimum atomic E-state index is -0.895. The molecule has 0 unspecified atom stereocenters. The van der Waals surface area contributed by atoms with Crippen LogP contribution >= 0.6 is 0 Å². The SMILES string of the molecule is Cc1nc2ccc(C(=O)O[C@H](C)C(=O)N[C@@H]3CCCc4ccccc43)cc2nc1C. The number of carbonyl (C=O) groups excluding carboxylic acids is 2. The van der Waals surface area contributed by atoms with Crippen molar-refractivity contribution in [3.63, 3.8) is 0 Å². The largest absolute Gasteiger partial charge is 0.449 e. The van der Waals surface area contributed by atoms with Crippen LogP contribution in [0.5, 0.6) is 0 Å². The van der Waals surface area contributed by atoms with Crippen LogP contribution in [-0.2, 0) is 16.0 Å². The molecule has 1 aliphatic rings. The fourth-order valence-corrected chi connectivity index (χ4v) is 3.83. The van der Waals surface area contributed by atoms with Crippen LogP contribution in [0.2, 0.25) is 0 Å². The van der Waals surface area contributed by atoms with Gasteiger partial charge in [0.2, 0.25) is 0 Å². The van der Waals surface area contributed by atoms with Gasteiger partial charge in [-0.3, -0.25) is 4.79 Å². The van der Waals surface area contributed by atoms with Gasteiger partial charge in [0.1, 0.15) is 0 Å². The predicted octanol–water partition coefficient (Wildman–Crippen LogP) is 3.99. The topological polar surface area (TPSA) is 81.2 Å². The maximum atomic E-state index is 12.7. The van der Waals surface area contributed by atoms with Crippen LogP contribution in [0.3, 0.4) is 0 Å². The quantitative estimate of drug-likeness (QED) is 0.666. The van der Waals surface area contributed by atoms with E-state index in [0.29, 0.717) is 11.1 Å². The van der Waals surface area contributed by atoms with Gasteiger partial charge in [-0.2, -0.15) is 0 Å². The number of hydrogen-bond acceptors (Lipinski definition) is 5. The van der Waals surface area contributed by atoms with Gasteiger partial charge in [-0.15, -0.1) is 0 Å². The maximum Gasteiger partial charge on any atom is 0.338 e. The predicted molar refractivity (Wildman–Crippen MR) is 114 cm³/mol. The molecule has 3 aromatic rings. The van der Waals surface area contributed by atoms with Crippen LogP contribution in [0, 0.1) is 13.8 Å². The highest BCUT2D eigenvalue weighted by Crippen LogP contribution is 2.29. The lowest BCUT2D eigenvalue weighted by atomic mass is 9.87. The lowest BCUT2D eigenvalue weighted by Crippen LogP contribution is -2.39. The molecule has 0 aliphatic heterocycles. The summed E-state index contributed by atoms with van der Waals surface area (Å²) in [5.74, 6) is -0.847. The molecule has 6 nitrogen and oxygen atoms in total. The average molecular weight is 403 g/mol. The van der Waals surface area contributed by atoms with Crippen LogP contribution in [0.4, 0.5) is 0 Å². The summed E-state index contributed by atoms with van der Waals surface area (Å²) in [4.78, 5) is 34.2. The van der Waals surface area contributed by atoms with Crippen LogP contribution in [0.1, 0.15) is 58.7 Å². The normalized spacial score (nSPS) is 16.6. The molecule has 0 radical (unpaired) electrons. The first-order valence-corrected chi connectivity index (χ1v) is 10.3. The van der Waals surface area contributed by atoms with Crippen molar-refractivity contribution in [3.05, 3.63) is 70.5 Å². The highest BCUT2D eigenvalue weighted by Gasteiger charge is 2.25. The summed E-state index contributed by atoms with van der Waals surface area (Å²) in [5, 5.41) is 3.04. The molecule has 0 spiro atoms. The first-order valence-electron chi connectivity index (χ1n) is 10.3. The fraction of sp³-hybridized carbons (Fsp3) is 0.333. The Bertz CT molecular complexity index is 1130. The Labute approximate surface area is 175 Å². The minimum absolute atomic E-state index is 0.0502. The lowest BCUT2D eigenvalue weighted by Gasteiger charge is -2.27. The Kier molecular flexibility index (Phi) is 5.48. The van der Waals surface area contributed by atoms with Crippen molar-refractivity contribution in [3.8, 4) is 0 Å². The third-order valence-electron chi connectivity index (χ3n) is 5.65. The molecular formula is C24H25N3O3. The number of hydrogen-bond donors (Lipinski definition) is 1. The smallest absolute Gasteiger partial charge is 0.338 e. The number of ether oxygens (including phenoxy) is 1. The second-order valence-electron chi connectivity index (χ2n) is 7.80. The molecule has 2 aromatic carbocycles. The molecule has 0 bridgehead atoms. The van der Waals surface area contributed by atoms with E-state index in [1.54, 1.807) is 25.1 Å². The number of esters is 1. The summed E-state index contributed by atoms with van der Waals surface area (Å²) in [7, 11) is 0. The van der Waals surface area contributed by atoms with E-state index in [2.05, 4.69) is 27.4 Å². The molecule has 0 fully saturated rings. The van der Waals surface area contributed by atoms with Crippen LogP contribution in [-0.4, -0.2) is 27.9 Å². The molecule has 0 saturated heterocycles. The van der Waals surface area contributed by atoms with Crippen LogP contribution in [0.15, 0.2) is 42.5 Å². The number of aryl methyl sites for hydroxylation is 3. The van der Waals surface area contributed by atoms with Gasteiger partial charge in [-0.25, -0.2) is 14.8 Å². The molecule has 1 N–H and O–H groups in total. The number of aromatic nitrogens is 2. The van der Waals surface area contributed by atoms with E-state index in [4.69, 9.17) is 4.74 Å². The van der Waals surface area contributed by atoms with Crippen molar-refractivity contribution in [2.75, 3.05) is 0 Å². The molecule has 1 heterocycles. The van der Waals surface area contributed by atoms with E-state index < -0.39 is 12.1 Å². The number of rotatable bonds is 4. The number of fused-ring (bicyclic) bond motifs is 2. The Morgan fingerprint density at radius 3 is 2.60 bits per heavy atom. The van der Waals surface area contributed by atoms with Crippen molar-refractivity contribution in [1.82, 2.24) is 15.3 Å². The molecular weight excluding hydrogens is 378 g/mol. The fourth-order valence-electron chi connectivity index (χ4n) is 3.83. The molecule has 1 amide bonds. The van der Waals surface area contributed by atoms with E-state index in [0.717, 1.165) is 41.7 Å². The monoisotopic (exact) mass is 403 g/mol. The summed E-state index contributed by atoms with van der Waals surface area (Å²) in [6, 6.07) is 13.2. The Balaban J connectivity index is 1.44. The molecule has 2 atom stereocenters. The first-order chi connectivity index (χ1) is 14.4. The van der Waals surface area contributed by atoms with Crippen molar-refractivity contribution >= 4 is 22.9 Å². The van der Waals surface area contributed by atoms with E-state index in [1.165, 1.54) is 5.56 Å². The summed E-state index contributed by atoms with van der Waals surface area (Å²) < 4.78 is 5.43. The first kappa shape index (κ1) is 20.0. The second kappa shape index (κ2) is 8.22. The van der Waals surface area contributed by atoms with Gasteiger partial charge in [-0.1, -0.05) is 24.3 Å². The lowest BCUT2D eigenvalue weighted by molar-refractivity contribution is -0.130. The Hall–Kier alpha value is -3.28. The molecule has 30 heavy (non-hydrogen) atoms. The summed E-state index contributed by atoms with van der Waals surface area (Å²) in [5.41, 5.74) is 5.78. The molecule has 0 saturated carbocycles. The molecule has 4 rings (SSSR count). The van der Waals surface area contributed by atoms with E-state index in [9.17, 15) is 9.59 Å². The van der Waals surface area contributed by atoms with E-state index in [-0.39, 0.29) is 11.9 Å². The zero-order valence-corrected chi connectivity index (χ0v) is 17.4. The van der Waals surface area contributed by atoms with Gasteiger partial charge in [0.15, 0.2) is 6.10 Å². The Morgan fingerprint density at radius 2 is 1.80 bits per heavy atom. The molecule has 6 heteroatoms. The van der Waals surface area contributed by atoms with Crippen molar-refractivity contribution in [2.45, 2.75) is 52.2 Å². The highest BCUT2D eigenvalue weighted by atomic mass is 16.5. The summed E-state index contributed by atoms with van der Waals surface area (Å²) in [6.45, 7) is 5.37. The molecule has 1 aromatic heterocycles. The van der Waals surface area contributed by atoms with Gasteiger partial charge < -0.3 is 10.1 Å². The van der Waals surface area contributed by atoms with E-state index >= 15 is 0 Å². The van der Waals surface area contributed by atoms with Crippen molar-refractivity contribution in [2.24, 2.45) is 0 Å². The van der Waals surface area contributed by atoms with Crippen molar-refractivity contribution < 1.29 is 14.3 Å².